The minimum atomic E-state index is 1.15. The van der Waals surface area contributed by atoms with Crippen LogP contribution in [-0.4, -0.2) is 9.55 Å². The average molecular weight is 751 g/mol. The van der Waals surface area contributed by atoms with Crippen LogP contribution in [-0.2, 0) is 7.05 Å². The van der Waals surface area contributed by atoms with E-state index in [2.05, 4.69) is 223 Å². The molecule has 0 radical (unpaired) electrons. The van der Waals surface area contributed by atoms with E-state index in [9.17, 15) is 0 Å². The van der Waals surface area contributed by atoms with E-state index in [1.54, 1.807) is 0 Å². The molecule has 0 saturated carbocycles. The summed E-state index contributed by atoms with van der Waals surface area (Å²) in [5, 5.41) is 9.94. The Balaban J connectivity index is 1.25. The van der Waals surface area contributed by atoms with Gasteiger partial charge in [0.2, 0.25) is 0 Å². The molecule has 0 unspecified atom stereocenters. The number of benzene rings is 10. The van der Waals surface area contributed by atoms with Crippen LogP contribution in [0.25, 0.3) is 121 Å². The predicted molar refractivity (Wildman–Crippen MR) is 252 cm³/mol. The predicted octanol–water partition coefficient (Wildman–Crippen LogP) is 15.6. The van der Waals surface area contributed by atoms with Gasteiger partial charge in [-0.25, -0.2) is 0 Å². The number of nitrogens with one attached hydrogen (secondary N) is 1. The second kappa shape index (κ2) is 13.2. The Hall–Kier alpha value is -7.68. The molecule has 0 aliphatic rings. The molecule has 2 aromatic heterocycles. The van der Waals surface area contributed by atoms with Gasteiger partial charge in [-0.2, -0.15) is 0 Å². The quantitative estimate of drug-likeness (QED) is 0.169. The van der Waals surface area contributed by atoms with Crippen LogP contribution >= 0.6 is 0 Å². The van der Waals surface area contributed by atoms with Crippen molar-refractivity contribution in [1.29, 1.82) is 0 Å². The Morgan fingerprint density at radius 3 is 1.63 bits per heavy atom. The first kappa shape index (κ1) is 33.5. The second-order valence-electron chi connectivity index (χ2n) is 15.7. The Morgan fingerprint density at radius 2 is 0.881 bits per heavy atom. The molecule has 0 spiro atoms. The van der Waals surface area contributed by atoms with E-state index in [4.69, 9.17) is 0 Å². The molecule has 2 heteroatoms. The largest absolute Gasteiger partial charge is 0.354 e. The number of hydrogen-bond acceptors (Lipinski definition) is 0. The highest BCUT2D eigenvalue weighted by Crippen LogP contribution is 2.48. The number of aryl methyl sites for hydroxylation is 1. The van der Waals surface area contributed by atoms with Crippen LogP contribution in [0.4, 0.5) is 0 Å². The molecule has 10 aromatic carbocycles. The standard InChI is InChI=1S/C57H38N2/c1-59-54-31-11-9-21-43(54)49-29-15-28-48(57(49)59)41-23-13-25-45-51(41)35-50-40(46-26-14-27-47-42-20-8-10-30-53(42)58-56(46)47)22-12-24-44(50)55(45)52-34-38(36-16-4-2-5-17-36)32-33-39(52)37-18-6-3-7-19-37/h2-35,58H,1H3. The second-order valence-corrected chi connectivity index (χ2v) is 15.7. The van der Waals surface area contributed by atoms with Crippen molar-refractivity contribution < 1.29 is 0 Å². The molecule has 0 aliphatic heterocycles. The molecule has 0 fully saturated rings. The van der Waals surface area contributed by atoms with Crippen molar-refractivity contribution in [2.45, 2.75) is 0 Å². The lowest BCUT2D eigenvalue weighted by molar-refractivity contribution is 1.02. The monoisotopic (exact) mass is 750 g/mol. The summed E-state index contributed by atoms with van der Waals surface area (Å²) in [5.74, 6) is 0. The Bertz CT molecular complexity index is 3610. The zero-order valence-electron chi connectivity index (χ0n) is 32.6. The smallest absolute Gasteiger partial charge is 0.0568 e. The molecule has 2 heterocycles. The molecule has 0 aliphatic carbocycles. The lowest BCUT2D eigenvalue weighted by atomic mass is 9.83. The molecule has 12 rings (SSSR count). The fourth-order valence-corrected chi connectivity index (χ4v) is 9.91. The van der Waals surface area contributed by atoms with Crippen LogP contribution < -0.4 is 0 Å². The van der Waals surface area contributed by atoms with Crippen LogP contribution in [0.3, 0.4) is 0 Å². The number of nitrogens with zero attached hydrogens (tertiary/aromatic N) is 1. The highest BCUT2D eigenvalue weighted by Gasteiger charge is 2.22. The number of aromatic nitrogens is 2. The lowest BCUT2D eigenvalue weighted by Crippen LogP contribution is -1.95. The number of para-hydroxylation sites is 4. The van der Waals surface area contributed by atoms with Gasteiger partial charge in [0.15, 0.2) is 0 Å². The molecule has 59 heavy (non-hydrogen) atoms. The summed E-state index contributed by atoms with van der Waals surface area (Å²) in [6, 6.07) is 75.9. The average Bonchev–Trinajstić information content (AvgIpc) is 3.83. The van der Waals surface area contributed by atoms with Gasteiger partial charge < -0.3 is 9.55 Å². The van der Waals surface area contributed by atoms with E-state index < -0.39 is 0 Å². The van der Waals surface area contributed by atoms with Crippen molar-refractivity contribution in [3.8, 4) is 55.6 Å². The van der Waals surface area contributed by atoms with E-state index in [1.165, 1.54) is 110 Å². The summed E-state index contributed by atoms with van der Waals surface area (Å²) < 4.78 is 2.37. The summed E-state index contributed by atoms with van der Waals surface area (Å²) in [7, 11) is 2.21. The molecular weight excluding hydrogens is 713 g/mol. The maximum atomic E-state index is 3.82. The first-order chi connectivity index (χ1) is 29.2. The van der Waals surface area contributed by atoms with Crippen LogP contribution in [0, 0.1) is 0 Å². The summed E-state index contributed by atoms with van der Waals surface area (Å²) >= 11 is 0. The Morgan fingerprint density at radius 1 is 0.322 bits per heavy atom. The molecule has 0 saturated heterocycles. The highest BCUT2D eigenvalue weighted by molar-refractivity contribution is 6.23. The van der Waals surface area contributed by atoms with Crippen molar-refractivity contribution in [2.75, 3.05) is 0 Å². The van der Waals surface area contributed by atoms with E-state index in [-0.39, 0.29) is 0 Å². The van der Waals surface area contributed by atoms with Gasteiger partial charge in [0.1, 0.15) is 0 Å². The van der Waals surface area contributed by atoms with Crippen molar-refractivity contribution in [3.05, 3.63) is 206 Å². The minimum absolute atomic E-state index is 1.15. The SMILES string of the molecule is Cn1c2ccccc2c2cccc(-c3cccc4c(-c5cc(-c6ccccc6)ccc5-c5ccccc5)c5cccc(-c6cccc7c6[nH]c6ccccc67)c5cc34)c21. The van der Waals surface area contributed by atoms with Crippen molar-refractivity contribution in [3.63, 3.8) is 0 Å². The van der Waals surface area contributed by atoms with Crippen molar-refractivity contribution in [2.24, 2.45) is 7.05 Å². The van der Waals surface area contributed by atoms with Gasteiger partial charge in [0, 0.05) is 50.8 Å². The Kier molecular flexibility index (Phi) is 7.48. The van der Waals surface area contributed by atoms with Gasteiger partial charge in [0.05, 0.1) is 11.0 Å². The van der Waals surface area contributed by atoms with E-state index in [0.717, 1.165) is 11.0 Å². The van der Waals surface area contributed by atoms with Crippen LogP contribution in [0.5, 0.6) is 0 Å². The molecule has 276 valence electrons. The van der Waals surface area contributed by atoms with E-state index in [0.29, 0.717) is 0 Å². The van der Waals surface area contributed by atoms with Gasteiger partial charge >= 0.3 is 0 Å². The zero-order valence-corrected chi connectivity index (χ0v) is 32.6. The van der Waals surface area contributed by atoms with Gasteiger partial charge in [0.25, 0.3) is 0 Å². The first-order valence-electron chi connectivity index (χ1n) is 20.4. The minimum Gasteiger partial charge on any atom is -0.354 e. The van der Waals surface area contributed by atoms with Crippen LogP contribution in [0.1, 0.15) is 0 Å². The maximum absolute atomic E-state index is 3.82. The van der Waals surface area contributed by atoms with Gasteiger partial charge in [-0.15, -0.1) is 0 Å². The van der Waals surface area contributed by atoms with E-state index in [1.807, 2.05) is 0 Å². The molecule has 0 bridgehead atoms. The number of rotatable bonds is 5. The van der Waals surface area contributed by atoms with Crippen molar-refractivity contribution in [1.82, 2.24) is 9.55 Å². The number of fused-ring (bicyclic) bond motifs is 8. The first-order valence-corrected chi connectivity index (χ1v) is 20.4. The van der Waals surface area contributed by atoms with E-state index >= 15 is 0 Å². The summed E-state index contributed by atoms with van der Waals surface area (Å²) in [4.78, 5) is 3.82. The van der Waals surface area contributed by atoms with Gasteiger partial charge in [-0.1, -0.05) is 182 Å². The summed E-state index contributed by atoms with van der Waals surface area (Å²) in [5.41, 5.74) is 16.9. The molecular formula is C57H38N2. The third kappa shape index (κ3) is 5.13. The van der Waals surface area contributed by atoms with Crippen molar-refractivity contribution >= 4 is 65.2 Å². The van der Waals surface area contributed by atoms with Crippen LogP contribution in [0.2, 0.25) is 0 Å². The Labute approximate surface area is 342 Å². The maximum Gasteiger partial charge on any atom is 0.0568 e. The zero-order chi connectivity index (χ0) is 39.0. The molecule has 12 aromatic rings. The topological polar surface area (TPSA) is 20.7 Å². The van der Waals surface area contributed by atoms with Gasteiger partial charge in [-0.05, 0) is 90.3 Å². The number of hydrogen-bond donors (Lipinski definition) is 1. The lowest BCUT2D eigenvalue weighted by Gasteiger charge is -2.21. The molecule has 0 amide bonds. The summed E-state index contributed by atoms with van der Waals surface area (Å²) in [6.45, 7) is 0. The molecule has 0 atom stereocenters. The molecule has 2 nitrogen and oxygen atoms in total. The summed E-state index contributed by atoms with van der Waals surface area (Å²) in [6.07, 6.45) is 0. The number of H-pyrrole nitrogens is 1. The van der Waals surface area contributed by atoms with Crippen LogP contribution in [0.15, 0.2) is 206 Å². The fraction of sp³-hybridized carbons (Fsp3) is 0.0175. The highest BCUT2D eigenvalue weighted by atomic mass is 14.9. The van der Waals surface area contributed by atoms with Gasteiger partial charge in [-0.3, -0.25) is 0 Å². The number of aromatic amines is 1. The normalized spacial score (nSPS) is 11.8. The third-order valence-corrected chi connectivity index (χ3v) is 12.6. The third-order valence-electron chi connectivity index (χ3n) is 12.6. The fourth-order valence-electron chi connectivity index (χ4n) is 9.91. The molecule has 1 N–H and O–H groups in total.